The van der Waals surface area contributed by atoms with Crippen molar-refractivity contribution >= 4 is 15.9 Å². The van der Waals surface area contributed by atoms with E-state index in [1.165, 1.54) is 10.6 Å². The molecule has 2 heterocycles. The largest absolute Gasteiger partial charge is 0.337 e. The lowest BCUT2D eigenvalue weighted by Crippen LogP contribution is -2.36. The molecule has 1 aliphatic heterocycles. The van der Waals surface area contributed by atoms with Gasteiger partial charge in [-0.15, -0.1) is 0 Å². The standard InChI is InChI=1S/C16H20N4O3S/c1-24(22,23)20-10-2-9-19(11-12-20)16(21)14-5-3-13(4-6-14)15-7-8-17-18-15/h3-8H,2,9-12H2,1H3,(H,17,18). The Morgan fingerprint density at radius 1 is 1.08 bits per heavy atom. The predicted molar refractivity (Wildman–Crippen MR) is 91.0 cm³/mol. The van der Waals surface area contributed by atoms with Gasteiger partial charge < -0.3 is 4.90 Å². The van der Waals surface area contributed by atoms with Gasteiger partial charge in [0.05, 0.1) is 11.9 Å². The highest BCUT2D eigenvalue weighted by molar-refractivity contribution is 7.88. The Morgan fingerprint density at radius 2 is 1.83 bits per heavy atom. The van der Waals surface area contributed by atoms with Gasteiger partial charge in [0, 0.05) is 37.9 Å². The zero-order chi connectivity index (χ0) is 17.2. The highest BCUT2D eigenvalue weighted by Crippen LogP contribution is 2.18. The van der Waals surface area contributed by atoms with Crippen molar-refractivity contribution < 1.29 is 13.2 Å². The van der Waals surface area contributed by atoms with Crippen LogP contribution in [-0.4, -0.2) is 66.2 Å². The molecule has 2 aromatic rings. The van der Waals surface area contributed by atoms with E-state index in [4.69, 9.17) is 0 Å². The van der Waals surface area contributed by atoms with Gasteiger partial charge in [-0.1, -0.05) is 12.1 Å². The first-order chi connectivity index (χ1) is 11.4. The van der Waals surface area contributed by atoms with Crippen LogP contribution in [-0.2, 0) is 10.0 Å². The number of carbonyl (C=O) groups excluding carboxylic acids is 1. The zero-order valence-electron chi connectivity index (χ0n) is 13.5. The maximum absolute atomic E-state index is 12.6. The Hall–Kier alpha value is -2.19. The summed E-state index contributed by atoms with van der Waals surface area (Å²) in [6.07, 6.45) is 3.53. The Bertz CT molecular complexity index is 800. The second-order valence-electron chi connectivity index (χ2n) is 5.86. The normalized spacial score (nSPS) is 16.8. The number of amides is 1. The van der Waals surface area contributed by atoms with Crippen LogP contribution in [0.3, 0.4) is 0 Å². The maximum atomic E-state index is 12.6. The van der Waals surface area contributed by atoms with Crippen molar-refractivity contribution in [2.24, 2.45) is 0 Å². The third-order valence-corrected chi connectivity index (χ3v) is 5.46. The molecule has 8 heteroatoms. The van der Waals surface area contributed by atoms with E-state index >= 15 is 0 Å². The van der Waals surface area contributed by atoms with Gasteiger partial charge in [0.25, 0.3) is 5.91 Å². The van der Waals surface area contributed by atoms with E-state index in [0.29, 0.717) is 38.2 Å². The number of aromatic nitrogens is 2. The zero-order valence-corrected chi connectivity index (χ0v) is 14.3. The van der Waals surface area contributed by atoms with Crippen LogP contribution in [0.25, 0.3) is 11.3 Å². The fourth-order valence-corrected chi connectivity index (χ4v) is 3.69. The van der Waals surface area contributed by atoms with Crippen LogP contribution in [0.5, 0.6) is 0 Å². The summed E-state index contributed by atoms with van der Waals surface area (Å²) in [7, 11) is -3.21. The molecule has 0 spiro atoms. The monoisotopic (exact) mass is 348 g/mol. The van der Waals surface area contributed by atoms with E-state index in [2.05, 4.69) is 10.2 Å². The number of aromatic amines is 1. The molecule has 7 nitrogen and oxygen atoms in total. The van der Waals surface area contributed by atoms with Crippen molar-refractivity contribution in [1.82, 2.24) is 19.4 Å². The van der Waals surface area contributed by atoms with Gasteiger partial charge in [-0.25, -0.2) is 12.7 Å². The van der Waals surface area contributed by atoms with E-state index in [1.54, 1.807) is 23.2 Å². The first-order valence-corrected chi connectivity index (χ1v) is 9.64. The molecule has 0 aliphatic carbocycles. The molecule has 1 amide bonds. The SMILES string of the molecule is CS(=O)(=O)N1CCCN(C(=O)c2ccc(-c3ccn[nH]3)cc2)CC1. The lowest BCUT2D eigenvalue weighted by Gasteiger charge is -2.21. The van der Waals surface area contributed by atoms with Gasteiger partial charge in [0.2, 0.25) is 10.0 Å². The van der Waals surface area contributed by atoms with E-state index in [9.17, 15) is 13.2 Å². The lowest BCUT2D eigenvalue weighted by molar-refractivity contribution is 0.0764. The second kappa shape index (κ2) is 6.74. The van der Waals surface area contributed by atoms with Gasteiger partial charge in [-0.05, 0) is 30.2 Å². The summed E-state index contributed by atoms with van der Waals surface area (Å²) in [4.78, 5) is 14.4. The van der Waals surface area contributed by atoms with Crippen LogP contribution in [0.1, 0.15) is 16.8 Å². The average molecular weight is 348 g/mol. The van der Waals surface area contributed by atoms with Crippen LogP contribution >= 0.6 is 0 Å². The fraction of sp³-hybridized carbons (Fsp3) is 0.375. The predicted octanol–water partition coefficient (Wildman–Crippen LogP) is 1.18. The summed E-state index contributed by atoms with van der Waals surface area (Å²) < 4.78 is 24.7. The summed E-state index contributed by atoms with van der Waals surface area (Å²) in [5.74, 6) is -0.0680. The molecule has 1 fully saturated rings. The Kier molecular flexibility index (Phi) is 4.68. The van der Waals surface area contributed by atoms with Crippen LogP contribution < -0.4 is 0 Å². The van der Waals surface area contributed by atoms with E-state index in [1.807, 2.05) is 18.2 Å². The van der Waals surface area contributed by atoms with E-state index in [0.717, 1.165) is 11.3 Å². The molecule has 0 atom stereocenters. The van der Waals surface area contributed by atoms with Crippen molar-refractivity contribution in [3.05, 3.63) is 42.1 Å². The van der Waals surface area contributed by atoms with E-state index in [-0.39, 0.29) is 5.91 Å². The van der Waals surface area contributed by atoms with Gasteiger partial charge in [0.1, 0.15) is 0 Å². The van der Waals surface area contributed by atoms with Crippen molar-refractivity contribution in [3.63, 3.8) is 0 Å². The van der Waals surface area contributed by atoms with Crippen LogP contribution in [0.15, 0.2) is 36.5 Å². The first-order valence-electron chi connectivity index (χ1n) is 7.79. The second-order valence-corrected chi connectivity index (χ2v) is 7.84. The molecule has 1 N–H and O–H groups in total. The summed E-state index contributed by atoms with van der Waals surface area (Å²) in [6, 6.07) is 9.20. The molecule has 24 heavy (non-hydrogen) atoms. The summed E-state index contributed by atoms with van der Waals surface area (Å²) in [6.45, 7) is 1.78. The molecule has 1 aromatic heterocycles. The third kappa shape index (κ3) is 3.65. The van der Waals surface area contributed by atoms with E-state index < -0.39 is 10.0 Å². The third-order valence-electron chi connectivity index (χ3n) is 4.15. The van der Waals surface area contributed by atoms with Gasteiger partial charge in [-0.3, -0.25) is 9.89 Å². The average Bonchev–Trinajstić information content (AvgIpc) is 2.97. The van der Waals surface area contributed by atoms with Crippen molar-refractivity contribution in [2.75, 3.05) is 32.4 Å². The number of sulfonamides is 1. The maximum Gasteiger partial charge on any atom is 0.253 e. The smallest absolute Gasteiger partial charge is 0.253 e. The van der Waals surface area contributed by atoms with Crippen molar-refractivity contribution in [3.8, 4) is 11.3 Å². The molecule has 0 unspecified atom stereocenters. The summed E-state index contributed by atoms with van der Waals surface area (Å²) in [5.41, 5.74) is 2.46. The molecule has 0 radical (unpaired) electrons. The molecule has 3 rings (SSSR count). The van der Waals surface area contributed by atoms with Gasteiger partial charge in [0.15, 0.2) is 0 Å². The fourth-order valence-electron chi connectivity index (χ4n) is 2.82. The molecule has 1 aromatic carbocycles. The minimum Gasteiger partial charge on any atom is -0.337 e. The van der Waals surface area contributed by atoms with Gasteiger partial charge in [-0.2, -0.15) is 5.10 Å². The van der Waals surface area contributed by atoms with Crippen molar-refractivity contribution in [1.29, 1.82) is 0 Å². The number of nitrogens with zero attached hydrogens (tertiary/aromatic N) is 3. The topological polar surface area (TPSA) is 86.4 Å². The lowest BCUT2D eigenvalue weighted by atomic mass is 10.1. The van der Waals surface area contributed by atoms with Crippen molar-refractivity contribution in [2.45, 2.75) is 6.42 Å². The van der Waals surface area contributed by atoms with Crippen LogP contribution in [0, 0.1) is 0 Å². The summed E-state index contributed by atoms with van der Waals surface area (Å²) >= 11 is 0. The highest BCUT2D eigenvalue weighted by atomic mass is 32.2. The molecule has 0 saturated carbocycles. The van der Waals surface area contributed by atoms with Crippen LogP contribution in [0.4, 0.5) is 0 Å². The number of benzene rings is 1. The Morgan fingerprint density at radius 3 is 2.46 bits per heavy atom. The number of hydrogen-bond donors (Lipinski definition) is 1. The Labute approximate surface area is 141 Å². The van der Waals surface area contributed by atoms with Crippen LogP contribution in [0.2, 0.25) is 0 Å². The first kappa shape index (κ1) is 16.7. The highest BCUT2D eigenvalue weighted by Gasteiger charge is 2.24. The Balaban J connectivity index is 1.70. The number of rotatable bonds is 3. The number of hydrogen-bond acceptors (Lipinski definition) is 4. The molecule has 0 bridgehead atoms. The summed E-state index contributed by atoms with van der Waals surface area (Å²) in [5, 5.41) is 6.80. The molecule has 128 valence electrons. The minimum atomic E-state index is -3.21. The number of nitrogens with one attached hydrogen (secondary N) is 1. The number of H-pyrrole nitrogens is 1. The molecular weight excluding hydrogens is 328 g/mol. The number of carbonyl (C=O) groups is 1. The van der Waals surface area contributed by atoms with Gasteiger partial charge >= 0.3 is 0 Å². The molecule has 1 aliphatic rings. The minimum absolute atomic E-state index is 0.0680. The quantitative estimate of drug-likeness (QED) is 0.902. The molecule has 1 saturated heterocycles. The molecular formula is C16H20N4O3S.